The summed E-state index contributed by atoms with van der Waals surface area (Å²) in [6.07, 6.45) is 7.99. The van der Waals surface area contributed by atoms with Gasteiger partial charge < -0.3 is 15.0 Å². The van der Waals surface area contributed by atoms with E-state index in [0.717, 1.165) is 38.0 Å². The topological polar surface area (TPSA) is 50.1 Å². The first-order chi connectivity index (χ1) is 9.38. The molecule has 2 N–H and O–H groups in total. The van der Waals surface area contributed by atoms with E-state index in [1.165, 1.54) is 5.56 Å². The number of nitrogens with one attached hydrogen (secondary N) is 1. The zero-order valence-corrected chi connectivity index (χ0v) is 11.1. The Morgan fingerprint density at radius 2 is 1.89 bits per heavy atom. The van der Waals surface area contributed by atoms with E-state index in [1.807, 2.05) is 30.9 Å². The summed E-state index contributed by atoms with van der Waals surface area (Å²) in [6.45, 7) is 3.06. The molecule has 0 unspecified atom stereocenters. The van der Waals surface area contributed by atoms with Crippen molar-refractivity contribution in [3.05, 3.63) is 54.1 Å². The number of unbranched alkanes of at least 4 members (excludes halogenated alkanes) is 1. The Labute approximate surface area is 114 Å². The molecule has 19 heavy (non-hydrogen) atoms. The van der Waals surface area contributed by atoms with Gasteiger partial charge in [-0.2, -0.15) is 0 Å². The molecule has 0 atom stereocenters. The van der Waals surface area contributed by atoms with E-state index < -0.39 is 0 Å². The zero-order valence-electron chi connectivity index (χ0n) is 11.1. The molecule has 1 aromatic carbocycles. The molecule has 0 amide bonds. The SMILES string of the molecule is OCc1ccc(CNCCCCn2ccnc2)cc1. The molecule has 4 nitrogen and oxygen atoms in total. The molecule has 1 aromatic heterocycles. The summed E-state index contributed by atoms with van der Waals surface area (Å²) >= 11 is 0. The third-order valence-electron chi connectivity index (χ3n) is 3.11. The summed E-state index contributed by atoms with van der Waals surface area (Å²) in [5.74, 6) is 0. The molecule has 4 heteroatoms. The van der Waals surface area contributed by atoms with Crippen LogP contribution in [0, 0.1) is 0 Å². The minimum absolute atomic E-state index is 0.113. The van der Waals surface area contributed by atoms with Gasteiger partial charge in [0.15, 0.2) is 0 Å². The van der Waals surface area contributed by atoms with Crippen LogP contribution in [0.15, 0.2) is 43.0 Å². The number of hydrogen-bond acceptors (Lipinski definition) is 3. The van der Waals surface area contributed by atoms with Crippen LogP contribution in [0.25, 0.3) is 0 Å². The fraction of sp³-hybridized carbons (Fsp3) is 0.400. The van der Waals surface area contributed by atoms with Gasteiger partial charge in [-0.3, -0.25) is 0 Å². The molecule has 2 rings (SSSR count). The van der Waals surface area contributed by atoms with Crippen LogP contribution in [0.3, 0.4) is 0 Å². The largest absolute Gasteiger partial charge is 0.392 e. The normalized spacial score (nSPS) is 10.8. The minimum Gasteiger partial charge on any atom is -0.392 e. The molecule has 0 bridgehead atoms. The van der Waals surface area contributed by atoms with Crippen LogP contribution in [0.4, 0.5) is 0 Å². The molecule has 1 heterocycles. The van der Waals surface area contributed by atoms with E-state index in [9.17, 15) is 0 Å². The van der Waals surface area contributed by atoms with Crippen molar-refractivity contribution in [1.82, 2.24) is 14.9 Å². The Morgan fingerprint density at radius 3 is 2.58 bits per heavy atom. The number of aliphatic hydroxyl groups is 1. The number of aromatic nitrogens is 2. The summed E-state index contributed by atoms with van der Waals surface area (Å²) in [6, 6.07) is 8.06. The average molecular weight is 259 g/mol. The van der Waals surface area contributed by atoms with Crippen molar-refractivity contribution in [2.45, 2.75) is 32.5 Å². The molecule has 0 saturated carbocycles. The number of hydrogen-bond donors (Lipinski definition) is 2. The van der Waals surface area contributed by atoms with Crippen LogP contribution in [-0.4, -0.2) is 21.2 Å². The van der Waals surface area contributed by atoms with Crippen molar-refractivity contribution in [2.24, 2.45) is 0 Å². The van der Waals surface area contributed by atoms with Crippen LogP contribution in [0.1, 0.15) is 24.0 Å². The number of aryl methyl sites for hydroxylation is 1. The van der Waals surface area contributed by atoms with Crippen molar-refractivity contribution >= 4 is 0 Å². The molecule has 0 aliphatic heterocycles. The van der Waals surface area contributed by atoms with Gasteiger partial charge in [0.1, 0.15) is 0 Å². The van der Waals surface area contributed by atoms with E-state index in [1.54, 1.807) is 0 Å². The van der Waals surface area contributed by atoms with Crippen molar-refractivity contribution in [2.75, 3.05) is 6.54 Å². The minimum atomic E-state index is 0.113. The monoisotopic (exact) mass is 259 g/mol. The Bertz CT molecular complexity index is 451. The lowest BCUT2D eigenvalue weighted by Gasteiger charge is -2.06. The molecule has 0 aliphatic rings. The lowest BCUT2D eigenvalue weighted by atomic mass is 10.1. The van der Waals surface area contributed by atoms with E-state index in [2.05, 4.69) is 27.0 Å². The molecule has 0 fully saturated rings. The van der Waals surface area contributed by atoms with Gasteiger partial charge in [-0.1, -0.05) is 24.3 Å². The molecule has 2 aromatic rings. The smallest absolute Gasteiger partial charge is 0.0945 e. The van der Waals surface area contributed by atoms with Gasteiger partial charge in [0.2, 0.25) is 0 Å². The van der Waals surface area contributed by atoms with Crippen LogP contribution in [0.2, 0.25) is 0 Å². The molecular weight excluding hydrogens is 238 g/mol. The number of benzene rings is 1. The highest BCUT2D eigenvalue weighted by Crippen LogP contribution is 2.04. The van der Waals surface area contributed by atoms with Gasteiger partial charge in [0, 0.05) is 25.5 Å². The molecule has 0 saturated heterocycles. The zero-order chi connectivity index (χ0) is 13.3. The second-order valence-electron chi connectivity index (χ2n) is 4.66. The lowest BCUT2D eigenvalue weighted by molar-refractivity contribution is 0.282. The molecular formula is C15H21N3O. The maximum absolute atomic E-state index is 8.96. The van der Waals surface area contributed by atoms with Crippen LogP contribution >= 0.6 is 0 Å². The van der Waals surface area contributed by atoms with E-state index >= 15 is 0 Å². The third-order valence-corrected chi connectivity index (χ3v) is 3.11. The van der Waals surface area contributed by atoms with Gasteiger partial charge in [-0.05, 0) is 30.5 Å². The number of rotatable bonds is 8. The standard InChI is InChI=1S/C15H21N3O/c19-12-15-5-3-14(4-6-15)11-16-7-1-2-9-18-10-8-17-13-18/h3-6,8,10,13,16,19H,1-2,7,9,11-12H2. The lowest BCUT2D eigenvalue weighted by Crippen LogP contribution is -2.15. The first kappa shape index (κ1) is 13.8. The van der Waals surface area contributed by atoms with Crippen molar-refractivity contribution in [3.8, 4) is 0 Å². The first-order valence-corrected chi connectivity index (χ1v) is 6.73. The highest BCUT2D eigenvalue weighted by atomic mass is 16.3. The Kier molecular flexibility index (Phi) is 5.59. The van der Waals surface area contributed by atoms with Crippen LogP contribution < -0.4 is 5.32 Å². The number of nitrogens with zero attached hydrogens (tertiary/aromatic N) is 2. The highest BCUT2D eigenvalue weighted by Gasteiger charge is 1.95. The molecule has 0 aliphatic carbocycles. The van der Waals surface area contributed by atoms with E-state index in [4.69, 9.17) is 5.11 Å². The average Bonchev–Trinajstić information content (AvgIpc) is 2.96. The van der Waals surface area contributed by atoms with Crippen molar-refractivity contribution in [3.63, 3.8) is 0 Å². The second-order valence-corrected chi connectivity index (χ2v) is 4.66. The Balaban J connectivity index is 1.56. The summed E-state index contributed by atoms with van der Waals surface area (Å²) in [7, 11) is 0. The summed E-state index contributed by atoms with van der Waals surface area (Å²) in [5.41, 5.74) is 2.22. The number of imidazole rings is 1. The Morgan fingerprint density at radius 1 is 1.11 bits per heavy atom. The van der Waals surface area contributed by atoms with E-state index in [0.29, 0.717) is 0 Å². The molecule has 102 valence electrons. The van der Waals surface area contributed by atoms with Gasteiger partial charge in [0.05, 0.1) is 12.9 Å². The Hall–Kier alpha value is -1.65. The van der Waals surface area contributed by atoms with Gasteiger partial charge >= 0.3 is 0 Å². The highest BCUT2D eigenvalue weighted by molar-refractivity contribution is 5.21. The quantitative estimate of drug-likeness (QED) is 0.712. The van der Waals surface area contributed by atoms with Crippen molar-refractivity contribution in [1.29, 1.82) is 0 Å². The summed E-state index contributed by atoms with van der Waals surface area (Å²) in [4.78, 5) is 4.02. The summed E-state index contributed by atoms with van der Waals surface area (Å²) < 4.78 is 2.10. The molecule has 0 radical (unpaired) electrons. The predicted molar refractivity (Wildman–Crippen MR) is 75.5 cm³/mol. The third kappa shape index (κ3) is 4.85. The fourth-order valence-electron chi connectivity index (χ4n) is 1.96. The van der Waals surface area contributed by atoms with Gasteiger partial charge in [-0.15, -0.1) is 0 Å². The summed E-state index contributed by atoms with van der Waals surface area (Å²) in [5, 5.41) is 12.4. The van der Waals surface area contributed by atoms with Crippen molar-refractivity contribution < 1.29 is 5.11 Å². The second kappa shape index (κ2) is 7.71. The maximum Gasteiger partial charge on any atom is 0.0945 e. The number of aliphatic hydroxyl groups excluding tert-OH is 1. The van der Waals surface area contributed by atoms with Crippen LogP contribution in [0.5, 0.6) is 0 Å². The van der Waals surface area contributed by atoms with Crippen LogP contribution in [-0.2, 0) is 19.7 Å². The predicted octanol–water partition coefficient (Wildman–Crippen LogP) is 1.95. The van der Waals surface area contributed by atoms with Gasteiger partial charge in [-0.25, -0.2) is 4.98 Å². The maximum atomic E-state index is 8.96. The first-order valence-electron chi connectivity index (χ1n) is 6.73. The van der Waals surface area contributed by atoms with Gasteiger partial charge in [0.25, 0.3) is 0 Å². The molecule has 0 spiro atoms. The van der Waals surface area contributed by atoms with E-state index in [-0.39, 0.29) is 6.61 Å². The fourth-order valence-corrected chi connectivity index (χ4v) is 1.96.